The fraction of sp³-hybridized carbons (Fsp3) is 0. The third-order valence-corrected chi connectivity index (χ3v) is 2.55. The molecule has 0 amide bonds. The highest BCUT2D eigenvalue weighted by atomic mass is 19.1. The lowest BCUT2D eigenvalue weighted by atomic mass is 10.2. The lowest BCUT2D eigenvalue weighted by Crippen LogP contribution is -1.91. The quantitative estimate of drug-likeness (QED) is 0.671. The molecule has 3 N–H and O–H groups in total. The second-order valence-corrected chi connectivity index (χ2v) is 3.71. The lowest BCUT2D eigenvalue weighted by molar-refractivity contribution is 0.629. The molecule has 84 valence electrons. The SMILES string of the molecule is Nc1cnccc1-c1nc2ccc(F)cc2[nH]1. The molecule has 0 aliphatic rings. The summed E-state index contributed by atoms with van der Waals surface area (Å²) in [5, 5.41) is 0. The predicted octanol–water partition coefficient (Wildman–Crippen LogP) is 2.35. The molecule has 4 nitrogen and oxygen atoms in total. The Bertz CT molecular complexity index is 690. The molecule has 2 aromatic heterocycles. The summed E-state index contributed by atoms with van der Waals surface area (Å²) >= 11 is 0. The summed E-state index contributed by atoms with van der Waals surface area (Å²) in [5.41, 5.74) is 8.46. The number of nitrogens with zero attached hydrogens (tertiary/aromatic N) is 2. The number of aromatic nitrogens is 3. The van der Waals surface area contributed by atoms with Crippen LogP contribution < -0.4 is 5.73 Å². The standard InChI is InChI=1S/C12H9FN4/c13-7-1-2-10-11(5-7)17-12(16-10)8-3-4-15-6-9(8)14/h1-6H,14H2,(H,16,17). The highest BCUT2D eigenvalue weighted by molar-refractivity contribution is 5.82. The minimum absolute atomic E-state index is 0.296. The molecule has 0 saturated carbocycles. The van der Waals surface area contributed by atoms with Crippen LogP contribution in [0.15, 0.2) is 36.7 Å². The van der Waals surface area contributed by atoms with Crippen LogP contribution in [-0.2, 0) is 0 Å². The maximum absolute atomic E-state index is 13.0. The number of aromatic amines is 1. The number of pyridine rings is 1. The summed E-state index contributed by atoms with van der Waals surface area (Å²) in [6.07, 6.45) is 3.20. The third kappa shape index (κ3) is 1.61. The van der Waals surface area contributed by atoms with Gasteiger partial charge in [0.15, 0.2) is 0 Å². The van der Waals surface area contributed by atoms with Crippen molar-refractivity contribution in [3.8, 4) is 11.4 Å². The van der Waals surface area contributed by atoms with Crippen molar-refractivity contribution in [2.45, 2.75) is 0 Å². The van der Waals surface area contributed by atoms with Gasteiger partial charge in [-0.25, -0.2) is 9.37 Å². The van der Waals surface area contributed by atoms with E-state index in [2.05, 4.69) is 15.0 Å². The fourth-order valence-electron chi connectivity index (χ4n) is 1.73. The van der Waals surface area contributed by atoms with Crippen LogP contribution in [0.25, 0.3) is 22.4 Å². The van der Waals surface area contributed by atoms with Crippen LogP contribution in [0.5, 0.6) is 0 Å². The van der Waals surface area contributed by atoms with Gasteiger partial charge in [-0.3, -0.25) is 4.98 Å². The molecule has 0 fully saturated rings. The number of hydrogen-bond acceptors (Lipinski definition) is 3. The van der Waals surface area contributed by atoms with Gasteiger partial charge in [0.2, 0.25) is 0 Å². The average molecular weight is 228 g/mol. The number of nitrogens with one attached hydrogen (secondary N) is 1. The Morgan fingerprint density at radius 2 is 2.12 bits per heavy atom. The van der Waals surface area contributed by atoms with Crippen molar-refractivity contribution in [3.05, 3.63) is 42.5 Å². The van der Waals surface area contributed by atoms with Crippen molar-refractivity contribution in [3.63, 3.8) is 0 Å². The summed E-state index contributed by atoms with van der Waals surface area (Å²) in [6, 6.07) is 6.18. The zero-order valence-corrected chi connectivity index (χ0v) is 8.81. The van der Waals surface area contributed by atoms with Crippen molar-refractivity contribution in [1.29, 1.82) is 0 Å². The zero-order chi connectivity index (χ0) is 11.8. The van der Waals surface area contributed by atoms with E-state index in [4.69, 9.17) is 5.73 Å². The number of rotatable bonds is 1. The summed E-state index contributed by atoms with van der Waals surface area (Å²) in [5.74, 6) is 0.320. The van der Waals surface area contributed by atoms with Gasteiger partial charge >= 0.3 is 0 Å². The third-order valence-electron chi connectivity index (χ3n) is 2.55. The molecule has 0 bridgehead atoms. The molecule has 2 heterocycles. The lowest BCUT2D eigenvalue weighted by Gasteiger charge is -1.99. The van der Waals surface area contributed by atoms with Crippen molar-refractivity contribution in [2.75, 3.05) is 5.73 Å². The molecular formula is C12H9FN4. The number of halogens is 1. The summed E-state index contributed by atoms with van der Waals surface area (Å²) < 4.78 is 13.0. The molecular weight excluding hydrogens is 219 g/mol. The summed E-state index contributed by atoms with van der Waals surface area (Å²) in [7, 11) is 0. The summed E-state index contributed by atoms with van der Waals surface area (Å²) in [6.45, 7) is 0. The molecule has 0 aliphatic heterocycles. The number of H-pyrrole nitrogens is 1. The number of hydrogen-bond donors (Lipinski definition) is 2. The number of imidazole rings is 1. The van der Waals surface area contributed by atoms with Gasteiger partial charge < -0.3 is 10.7 Å². The second-order valence-electron chi connectivity index (χ2n) is 3.71. The Labute approximate surface area is 96.3 Å². The molecule has 17 heavy (non-hydrogen) atoms. The van der Waals surface area contributed by atoms with Gasteiger partial charge in [0.25, 0.3) is 0 Å². The Hall–Kier alpha value is -2.43. The molecule has 5 heteroatoms. The molecule has 3 aromatic rings. The van der Waals surface area contributed by atoms with Gasteiger partial charge in [-0.2, -0.15) is 0 Å². The van der Waals surface area contributed by atoms with Gasteiger partial charge in [-0.15, -0.1) is 0 Å². The average Bonchev–Trinajstić information content (AvgIpc) is 2.72. The van der Waals surface area contributed by atoms with E-state index in [9.17, 15) is 4.39 Å². The van der Waals surface area contributed by atoms with Crippen LogP contribution in [0.3, 0.4) is 0 Å². The molecule has 0 radical (unpaired) electrons. The van der Waals surface area contributed by atoms with Crippen LogP contribution >= 0.6 is 0 Å². The maximum atomic E-state index is 13.0. The first-order chi connectivity index (χ1) is 8.24. The smallest absolute Gasteiger partial charge is 0.140 e. The minimum Gasteiger partial charge on any atom is -0.397 e. The number of benzene rings is 1. The summed E-state index contributed by atoms with van der Waals surface area (Å²) in [4.78, 5) is 11.3. The van der Waals surface area contributed by atoms with Gasteiger partial charge in [0, 0.05) is 11.8 Å². The van der Waals surface area contributed by atoms with Crippen molar-refractivity contribution in [2.24, 2.45) is 0 Å². The van der Waals surface area contributed by atoms with E-state index in [0.29, 0.717) is 22.5 Å². The van der Waals surface area contributed by atoms with E-state index in [1.54, 1.807) is 24.5 Å². The van der Waals surface area contributed by atoms with E-state index in [-0.39, 0.29) is 5.82 Å². The van der Waals surface area contributed by atoms with Crippen molar-refractivity contribution >= 4 is 16.7 Å². The number of anilines is 1. The van der Waals surface area contributed by atoms with Gasteiger partial charge in [0.1, 0.15) is 11.6 Å². The first kappa shape index (κ1) is 9.77. The Morgan fingerprint density at radius 3 is 2.94 bits per heavy atom. The Morgan fingerprint density at radius 1 is 1.24 bits per heavy atom. The van der Waals surface area contributed by atoms with Gasteiger partial charge in [-0.05, 0) is 24.3 Å². The number of fused-ring (bicyclic) bond motifs is 1. The van der Waals surface area contributed by atoms with E-state index < -0.39 is 0 Å². The Kier molecular flexibility index (Phi) is 2.04. The van der Waals surface area contributed by atoms with Gasteiger partial charge in [-0.1, -0.05) is 0 Å². The molecule has 3 rings (SSSR count). The first-order valence-electron chi connectivity index (χ1n) is 5.09. The molecule has 1 aromatic carbocycles. The molecule has 0 aliphatic carbocycles. The van der Waals surface area contributed by atoms with Crippen LogP contribution in [0.4, 0.5) is 10.1 Å². The van der Waals surface area contributed by atoms with E-state index in [1.807, 2.05) is 0 Å². The van der Waals surface area contributed by atoms with Crippen molar-refractivity contribution < 1.29 is 4.39 Å². The highest BCUT2D eigenvalue weighted by Gasteiger charge is 2.08. The maximum Gasteiger partial charge on any atom is 0.140 e. The van der Waals surface area contributed by atoms with E-state index >= 15 is 0 Å². The second kappa shape index (κ2) is 3.55. The van der Waals surface area contributed by atoms with Crippen LogP contribution in [0.2, 0.25) is 0 Å². The Balaban J connectivity index is 2.22. The largest absolute Gasteiger partial charge is 0.397 e. The van der Waals surface area contributed by atoms with Crippen LogP contribution in [0, 0.1) is 5.82 Å². The minimum atomic E-state index is -0.296. The molecule has 0 saturated heterocycles. The first-order valence-corrected chi connectivity index (χ1v) is 5.09. The van der Waals surface area contributed by atoms with E-state index in [0.717, 1.165) is 5.56 Å². The van der Waals surface area contributed by atoms with E-state index in [1.165, 1.54) is 12.1 Å². The molecule has 0 spiro atoms. The molecule has 0 unspecified atom stereocenters. The van der Waals surface area contributed by atoms with Crippen LogP contribution in [0.1, 0.15) is 0 Å². The normalized spacial score (nSPS) is 10.9. The monoisotopic (exact) mass is 228 g/mol. The van der Waals surface area contributed by atoms with Crippen LogP contribution in [-0.4, -0.2) is 15.0 Å². The highest BCUT2D eigenvalue weighted by Crippen LogP contribution is 2.24. The number of nitrogens with two attached hydrogens (primary N) is 1. The predicted molar refractivity (Wildman–Crippen MR) is 63.7 cm³/mol. The van der Waals surface area contributed by atoms with Gasteiger partial charge in [0.05, 0.1) is 22.9 Å². The molecule has 0 atom stereocenters. The zero-order valence-electron chi connectivity index (χ0n) is 8.81. The van der Waals surface area contributed by atoms with Crippen molar-refractivity contribution in [1.82, 2.24) is 15.0 Å². The fourth-order valence-corrected chi connectivity index (χ4v) is 1.73. The number of nitrogen functional groups attached to an aromatic ring is 1. The topological polar surface area (TPSA) is 67.6 Å².